The number of rotatable bonds is 3. The van der Waals surface area contributed by atoms with Crippen LogP contribution in [-0.2, 0) is 9.63 Å². The molecule has 4 nitrogen and oxygen atoms in total. The van der Waals surface area contributed by atoms with E-state index in [1.54, 1.807) is 37.5 Å². The molecule has 0 N–H and O–H groups in total. The van der Waals surface area contributed by atoms with Crippen LogP contribution in [0.15, 0.2) is 59.3 Å². The molecule has 0 saturated heterocycles. The lowest BCUT2D eigenvalue weighted by Crippen LogP contribution is -2.07. The summed E-state index contributed by atoms with van der Waals surface area (Å²) >= 11 is 5.88. The highest BCUT2D eigenvalue weighted by Crippen LogP contribution is 2.25. The van der Waals surface area contributed by atoms with Crippen molar-refractivity contribution in [3.05, 3.63) is 70.3 Å². The van der Waals surface area contributed by atoms with Gasteiger partial charge in [-0.15, -0.1) is 0 Å². The highest BCUT2D eigenvalue weighted by molar-refractivity contribution is 6.32. The van der Waals surface area contributed by atoms with E-state index in [0.717, 1.165) is 11.1 Å². The second-order valence-corrected chi connectivity index (χ2v) is 5.06. The number of carbonyl (C=O) groups excluding carboxylic acids is 1. The molecule has 0 unspecified atom stereocenters. The van der Waals surface area contributed by atoms with Gasteiger partial charge in [0, 0.05) is 16.1 Å². The molecule has 3 rings (SSSR count). The van der Waals surface area contributed by atoms with Gasteiger partial charge in [0.05, 0.1) is 12.7 Å². The van der Waals surface area contributed by atoms with E-state index in [2.05, 4.69) is 5.16 Å². The van der Waals surface area contributed by atoms with Crippen LogP contribution < -0.4 is 4.74 Å². The van der Waals surface area contributed by atoms with Crippen LogP contribution in [0, 0.1) is 0 Å². The average Bonchev–Trinajstić information content (AvgIpc) is 2.90. The molecule has 1 heterocycles. The summed E-state index contributed by atoms with van der Waals surface area (Å²) in [6.07, 6.45) is 1.71. The Morgan fingerprint density at radius 3 is 2.59 bits per heavy atom. The predicted molar refractivity (Wildman–Crippen MR) is 85.1 cm³/mol. The molecule has 0 amide bonds. The first-order chi connectivity index (χ1) is 10.7. The number of carbonyl (C=O) groups is 1. The van der Waals surface area contributed by atoms with Crippen molar-refractivity contribution < 1.29 is 14.4 Å². The molecule has 0 bridgehead atoms. The number of halogens is 1. The minimum Gasteiger partial charge on any atom is -0.496 e. The molecule has 0 atom stereocenters. The topological polar surface area (TPSA) is 47.9 Å². The number of oxime groups is 1. The van der Waals surface area contributed by atoms with Crippen LogP contribution in [0.4, 0.5) is 0 Å². The molecule has 0 radical (unpaired) electrons. The molecule has 0 aromatic heterocycles. The Labute approximate surface area is 132 Å². The number of nitrogens with zero attached hydrogens (tertiary/aromatic N) is 1. The van der Waals surface area contributed by atoms with Crippen molar-refractivity contribution in [3.8, 4) is 5.75 Å². The van der Waals surface area contributed by atoms with Gasteiger partial charge in [-0.25, -0.2) is 4.79 Å². The monoisotopic (exact) mass is 313 g/mol. The summed E-state index contributed by atoms with van der Waals surface area (Å²) in [5.74, 6) is 0.181. The van der Waals surface area contributed by atoms with E-state index in [0.29, 0.717) is 22.1 Å². The van der Waals surface area contributed by atoms with Gasteiger partial charge in [-0.3, -0.25) is 0 Å². The number of para-hydroxylation sites is 1. The maximum atomic E-state index is 12.0. The highest BCUT2D eigenvalue weighted by Gasteiger charge is 2.27. The normalized spacial score (nSPS) is 15.6. The van der Waals surface area contributed by atoms with Crippen LogP contribution in [0.25, 0.3) is 6.08 Å². The van der Waals surface area contributed by atoms with Crippen molar-refractivity contribution in [1.29, 1.82) is 0 Å². The molecule has 0 aliphatic carbocycles. The van der Waals surface area contributed by atoms with E-state index in [4.69, 9.17) is 21.2 Å². The predicted octanol–water partition coefficient (Wildman–Crippen LogP) is 3.69. The van der Waals surface area contributed by atoms with Gasteiger partial charge in [0.2, 0.25) is 0 Å². The van der Waals surface area contributed by atoms with Gasteiger partial charge in [-0.05, 0) is 24.3 Å². The number of methoxy groups -OCH3 is 1. The second kappa shape index (κ2) is 6.03. The van der Waals surface area contributed by atoms with Crippen molar-refractivity contribution in [1.82, 2.24) is 0 Å². The van der Waals surface area contributed by atoms with Gasteiger partial charge in [0.15, 0.2) is 0 Å². The van der Waals surface area contributed by atoms with Crippen molar-refractivity contribution in [2.24, 2.45) is 5.16 Å². The van der Waals surface area contributed by atoms with E-state index in [1.807, 2.05) is 24.3 Å². The Balaban J connectivity index is 2.04. The SMILES string of the molecule is COc1ccccc1C=C1C(=O)ON=C1c1ccc(Cl)cc1. The standard InChI is InChI=1S/C17H12ClNO3/c1-21-15-5-3-2-4-12(15)10-14-16(19-22-17(14)20)11-6-8-13(18)9-7-11/h2-10H,1H3. The molecule has 5 heteroatoms. The van der Waals surface area contributed by atoms with E-state index in [-0.39, 0.29) is 0 Å². The highest BCUT2D eigenvalue weighted by atomic mass is 35.5. The molecule has 0 spiro atoms. The Hall–Kier alpha value is -2.59. The quantitative estimate of drug-likeness (QED) is 0.641. The first kappa shape index (κ1) is 14.4. The third-order valence-electron chi connectivity index (χ3n) is 3.25. The van der Waals surface area contributed by atoms with Crippen LogP contribution in [0.1, 0.15) is 11.1 Å². The summed E-state index contributed by atoms with van der Waals surface area (Å²) in [6.45, 7) is 0. The fourth-order valence-electron chi connectivity index (χ4n) is 2.17. The average molecular weight is 314 g/mol. The zero-order valence-corrected chi connectivity index (χ0v) is 12.5. The molecule has 2 aromatic carbocycles. The maximum absolute atomic E-state index is 12.0. The summed E-state index contributed by atoms with van der Waals surface area (Å²) in [6, 6.07) is 14.5. The molecule has 2 aromatic rings. The molecule has 0 saturated carbocycles. The van der Waals surface area contributed by atoms with Crippen LogP contribution in [0.5, 0.6) is 5.75 Å². The number of hydrogen-bond acceptors (Lipinski definition) is 4. The fraction of sp³-hybridized carbons (Fsp3) is 0.0588. The summed E-state index contributed by atoms with van der Waals surface area (Å²) in [5.41, 5.74) is 2.40. The van der Waals surface area contributed by atoms with Gasteiger partial charge in [0.1, 0.15) is 11.5 Å². The molecule has 22 heavy (non-hydrogen) atoms. The van der Waals surface area contributed by atoms with Gasteiger partial charge in [-0.2, -0.15) is 0 Å². The number of ether oxygens (including phenoxy) is 1. The molecule has 0 fully saturated rings. The van der Waals surface area contributed by atoms with Crippen LogP contribution >= 0.6 is 11.6 Å². The van der Waals surface area contributed by atoms with E-state index >= 15 is 0 Å². The minimum absolute atomic E-state index is 0.381. The smallest absolute Gasteiger partial charge is 0.368 e. The third kappa shape index (κ3) is 2.73. The molecular weight excluding hydrogens is 302 g/mol. The van der Waals surface area contributed by atoms with Gasteiger partial charge < -0.3 is 9.57 Å². The molecular formula is C17H12ClNO3. The van der Waals surface area contributed by atoms with E-state index in [9.17, 15) is 4.79 Å². The maximum Gasteiger partial charge on any atom is 0.368 e. The Bertz CT molecular complexity index is 779. The van der Waals surface area contributed by atoms with Crippen LogP contribution in [0.3, 0.4) is 0 Å². The lowest BCUT2D eigenvalue weighted by Gasteiger charge is -2.05. The summed E-state index contributed by atoms with van der Waals surface area (Å²) in [5, 5.41) is 4.48. The number of benzene rings is 2. The lowest BCUT2D eigenvalue weighted by molar-refractivity contribution is -0.136. The van der Waals surface area contributed by atoms with Crippen molar-refractivity contribution in [3.63, 3.8) is 0 Å². The largest absolute Gasteiger partial charge is 0.496 e. The fourth-order valence-corrected chi connectivity index (χ4v) is 2.29. The Kier molecular flexibility index (Phi) is 3.94. The van der Waals surface area contributed by atoms with Gasteiger partial charge in [-0.1, -0.05) is 47.1 Å². The molecule has 1 aliphatic heterocycles. The zero-order chi connectivity index (χ0) is 15.5. The first-order valence-corrected chi connectivity index (χ1v) is 6.97. The second-order valence-electron chi connectivity index (χ2n) is 4.63. The molecule has 1 aliphatic rings. The van der Waals surface area contributed by atoms with Crippen molar-refractivity contribution in [2.75, 3.05) is 7.11 Å². The minimum atomic E-state index is -0.490. The van der Waals surface area contributed by atoms with Gasteiger partial charge >= 0.3 is 5.97 Å². The van der Waals surface area contributed by atoms with Crippen molar-refractivity contribution >= 4 is 29.4 Å². The Morgan fingerprint density at radius 1 is 1.14 bits per heavy atom. The summed E-state index contributed by atoms with van der Waals surface area (Å²) in [4.78, 5) is 16.8. The zero-order valence-electron chi connectivity index (χ0n) is 11.7. The van der Waals surface area contributed by atoms with Crippen LogP contribution in [-0.4, -0.2) is 18.8 Å². The lowest BCUT2D eigenvalue weighted by atomic mass is 10.0. The number of hydrogen-bond donors (Lipinski definition) is 0. The van der Waals surface area contributed by atoms with E-state index in [1.165, 1.54) is 0 Å². The summed E-state index contributed by atoms with van der Waals surface area (Å²) < 4.78 is 5.29. The molecule has 110 valence electrons. The first-order valence-electron chi connectivity index (χ1n) is 6.59. The third-order valence-corrected chi connectivity index (χ3v) is 3.50. The van der Waals surface area contributed by atoms with Crippen LogP contribution in [0.2, 0.25) is 5.02 Å². The summed E-state index contributed by atoms with van der Waals surface area (Å²) in [7, 11) is 1.58. The van der Waals surface area contributed by atoms with Gasteiger partial charge in [0.25, 0.3) is 0 Å². The van der Waals surface area contributed by atoms with Crippen molar-refractivity contribution in [2.45, 2.75) is 0 Å². The Morgan fingerprint density at radius 2 is 1.86 bits per heavy atom. The van der Waals surface area contributed by atoms with E-state index < -0.39 is 5.97 Å².